The van der Waals surface area contributed by atoms with E-state index in [2.05, 4.69) is 0 Å². The molecule has 3 nitrogen and oxygen atoms in total. The van der Waals surface area contributed by atoms with E-state index in [1.54, 1.807) is 13.0 Å². The lowest BCUT2D eigenvalue weighted by molar-refractivity contribution is 0.305. The number of benzene rings is 2. The van der Waals surface area contributed by atoms with Crippen molar-refractivity contribution in [3.8, 4) is 23.0 Å². The van der Waals surface area contributed by atoms with Crippen LogP contribution in [0.3, 0.4) is 0 Å². The number of methoxy groups -OCH3 is 1. The molecule has 3 rings (SSSR count). The summed E-state index contributed by atoms with van der Waals surface area (Å²) in [5.74, 6) is -3.73. The van der Waals surface area contributed by atoms with Gasteiger partial charge in [0, 0.05) is 17.5 Å². The minimum Gasteiger partial charge on any atom is -0.494 e. The van der Waals surface area contributed by atoms with Gasteiger partial charge in [0.2, 0.25) is 17.5 Å². The Bertz CT molecular complexity index is 744. The second-order valence-electron chi connectivity index (χ2n) is 4.77. The lowest BCUT2D eigenvalue weighted by Gasteiger charge is -2.23. The van der Waals surface area contributed by atoms with Crippen LogP contribution in [0.5, 0.6) is 23.0 Å². The molecule has 0 saturated carbocycles. The first kappa shape index (κ1) is 14.6. The summed E-state index contributed by atoms with van der Waals surface area (Å²) in [6.45, 7) is 1.88. The minimum absolute atomic E-state index is 0.0194. The van der Waals surface area contributed by atoms with E-state index in [-0.39, 0.29) is 36.0 Å². The highest BCUT2D eigenvalue weighted by atomic mass is 19.2. The van der Waals surface area contributed by atoms with E-state index in [9.17, 15) is 13.2 Å². The molecule has 1 aliphatic heterocycles. The van der Waals surface area contributed by atoms with Crippen molar-refractivity contribution < 1.29 is 27.4 Å². The highest BCUT2D eigenvalue weighted by Gasteiger charge is 2.29. The molecular formula is C16H13F3O3. The second-order valence-corrected chi connectivity index (χ2v) is 4.77. The summed E-state index contributed by atoms with van der Waals surface area (Å²) in [6.07, 6.45) is 0.211. The van der Waals surface area contributed by atoms with Crippen LogP contribution in [-0.2, 0) is 6.42 Å². The minimum atomic E-state index is -1.19. The molecule has 0 unspecified atom stereocenters. The number of rotatable bonds is 3. The third-order valence-corrected chi connectivity index (χ3v) is 3.45. The Morgan fingerprint density at radius 3 is 2.41 bits per heavy atom. The highest BCUT2D eigenvalue weighted by Crippen LogP contribution is 2.44. The van der Waals surface area contributed by atoms with Crippen LogP contribution in [0.15, 0.2) is 18.2 Å². The molecule has 0 aliphatic carbocycles. The van der Waals surface area contributed by atoms with Crippen molar-refractivity contribution in [2.45, 2.75) is 13.3 Å². The van der Waals surface area contributed by atoms with Crippen molar-refractivity contribution in [1.29, 1.82) is 0 Å². The van der Waals surface area contributed by atoms with Crippen LogP contribution in [0.2, 0.25) is 0 Å². The molecule has 22 heavy (non-hydrogen) atoms. The first-order valence-corrected chi connectivity index (χ1v) is 6.73. The Morgan fingerprint density at radius 1 is 1.00 bits per heavy atom. The van der Waals surface area contributed by atoms with Gasteiger partial charge < -0.3 is 14.2 Å². The van der Waals surface area contributed by atoms with E-state index in [0.29, 0.717) is 11.1 Å². The molecule has 0 bridgehead atoms. The Balaban J connectivity index is 2.11. The van der Waals surface area contributed by atoms with E-state index in [1.165, 1.54) is 19.2 Å². The predicted molar refractivity (Wildman–Crippen MR) is 73.4 cm³/mol. The van der Waals surface area contributed by atoms with Gasteiger partial charge in [-0.05, 0) is 19.1 Å². The van der Waals surface area contributed by atoms with Crippen LogP contribution in [0.1, 0.15) is 18.1 Å². The van der Waals surface area contributed by atoms with Crippen molar-refractivity contribution in [3.63, 3.8) is 0 Å². The van der Waals surface area contributed by atoms with Crippen molar-refractivity contribution >= 4 is 0 Å². The van der Waals surface area contributed by atoms with E-state index in [4.69, 9.17) is 14.2 Å². The molecule has 1 heterocycles. The molecule has 1 aliphatic rings. The van der Waals surface area contributed by atoms with Gasteiger partial charge in [-0.25, -0.2) is 0 Å². The van der Waals surface area contributed by atoms with Crippen LogP contribution in [0.25, 0.3) is 0 Å². The molecule has 2 aromatic carbocycles. The summed E-state index contributed by atoms with van der Waals surface area (Å²) < 4.78 is 57.4. The van der Waals surface area contributed by atoms with Gasteiger partial charge in [-0.2, -0.15) is 13.2 Å². The molecule has 0 amide bonds. The zero-order valence-electron chi connectivity index (χ0n) is 12.0. The Kier molecular flexibility index (Phi) is 3.60. The van der Waals surface area contributed by atoms with Gasteiger partial charge in [-0.3, -0.25) is 0 Å². The van der Waals surface area contributed by atoms with Gasteiger partial charge >= 0.3 is 0 Å². The molecule has 0 fully saturated rings. The monoisotopic (exact) mass is 310 g/mol. The highest BCUT2D eigenvalue weighted by molar-refractivity contribution is 5.55. The van der Waals surface area contributed by atoms with E-state index in [0.717, 1.165) is 0 Å². The summed E-state index contributed by atoms with van der Waals surface area (Å²) in [7, 11) is 1.32. The number of fused-ring (bicyclic) bond motifs is 2. The first-order chi connectivity index (χ1) is 10.6. The van der Waals surface area contributed by atoms with Crippen molar-refractivity contribution in [1.82, 2.24) is 0 Å². The van der Waals surface area contributed by atoms with Gasteiger partial charge in [0.15, 0.2) is 23.0 Å². The molecule has 0 aromatic heterocycles. The second kappa shape index (κ2) is 5.44. The van der Waals surface area contributed by atoms with Crippen molar-refractivity contribution in [2.75, 3.05) is 13.7 Å². The molecule has 116 valence electrons. The van der Waals surface area contributed by atoms with Crippen molar-refractivity contribution in [2.24, 2.45) is 0 Å². The van der Waals surface area contributed by atoms with Gasteiger partial charge in [0.1, 0.15) is 0 Å². The Labute approximate surface area is 125 Å². The number of hydrogen-bond acceptors (Lipinski definition) is 3. The van der Waals surface area contributed by atoms with Gasteiger partial charge in [0.05, 0.1) is 13.7 Å². The van der Waals surface area contributed by atoms with E-state index >= 15 is 0 Å². The third-order valence-electron chi connectivity index (χ3n) is 3.45. The fourth-order valence-electron chi connectivity index (χ4n) is 2.43. The topological polar surface area (TPSA) is 27.7 Å². The average Bonchev–Trinajstić information content (AvgIpc) is 2.52. The zero-order chi connectivity index (χ0) is 15.9. The van der Waals surface area contributed by atoms with Crippen LogP contribution in [0, 0.1) is 17.5 Å². The molecule has 0 atom stereocenters. The van der Waals surface area contributed by atoms with E-state index in [1.807, 2.05) is 0 Å². The molecule has 0 spiro atoms. The lowest BCUT2D eigenvalue weighted by Crippen LogP contribution is -2.10. The quantitative estimate of drug-likeness (QED) is 0.725. The maximum atomic E-state index is 14.2. The van der Waals surface area contributed by atoms with Crippen LogP contribution in [0.4, 0.5) is 13.2 Å². The number of halogens is 3. The summed E-state index contributed by atoms with van der Waals surface area (Å²) in [4.78, 5) is 0. The maximum Gasteiger partial charge on any atom is 0.207 e. The number of ether oxygens (including phenoxy) is 3. The van der Waals surface area contributed by atoms with E-state index < -0.39 is 17.5 Å². The van der Waals surface area contributed by atoms with Crippen LogP contribution in [-0.4, -0.2) is 13.7 Å². The normalized spacial score (nSPS) is 12.2. The molecular weight excluding hydrogens is 297 g/mol. The SMILES string of the molecule is CCOc1cc2c(c(F)c1F)Oc1c(ccc(OC)c1F)C2. The lowest BCUT2D eigenvalue weighted by atomic mass is 9.99. The molecule has 6 heteroatoms. The van der Waals surface area contributed by atoms with Crippen molar-refractivity contribution in [3.05, 3.63) is 46.8 Å². The smallest absolute Gasteiger partial charge is 0.207 e. The van der Waals surface area contributed by atoms with Gasteiger partial charge in [-0.1, -0.05) is 6.07 Å². The largest absolute Gasteiger partial charge is 0.494 e. The molecule has 2 aromatic rings. The molecule has 0 N–H and O–H groups in total. The van der Waals surface area contributed by atoms with Crippen LogP contribution < -0.4 is 14.2 Å². The van der Waals surface area contributed by atoms with Crippen LogP contribution >= 0.6 is 0 Å². The standard InChI is InChI=1S/C16H13F3O3/c1-3-21-11-7-9-6-8-4-5-10(20-2)13(18)15(8)22-16(9)14(19)12(11)17/h4-5,7H,3,6H2,1-2H3. The average molecular weight is 310 g/mol. The Hall–Kier alpha value is -2.37. The fourth-order valence-corrected chi connectivity index (χ4v) is 2.43. The maximum absolute atomic E-state index is 14.2. The first-order valence-electron chi connectivity index (χ1n) is 6.73. The third kappa shape index (κ3) is 2.15. The molecule has 0 saturated heterocycles. The Morgan fingerprint density at radius 2 is 1.73 bits per heavy atom. The van der Waals surface area contributed by atoms with Gasteiger partial charge in [0.25, 0.3) is 0 Å². The predicted octanol–water partition coefficient (Wildman–Crippen LogP) is 4.21. The summed E-state index contributed by atoms with van der Waals surface area (Å²) >= 11 is 0. The summed E-state index contributed by atoms with van der Waals surface area (Å²) in [6, 6.07) is 4.47. The summed E-state index contributed by atoms with van der Waals surface area (Å²) in [5.41, 5.74) is 0.929. The molecule has 0 radical (unpaired) electrons. The van der Waals surface area contributed by atoms with Gasteiger partial charge in [-0.15, -0.1) is 0 Å². The fraction of sp³-hybridized carbons (Fsp3) is 0.250. The number of hydrogen-bond donors (Lipinski definition) is 0. The zero-order valence-corrected chi connectivity index (χ0v) is 12.0. The summed E-state index contributed by atoms with van der Waals surface area (Å²) in [5, 5.41) is 0.